The lowest BCUT2D eigenvalue weighted by molar-refractivity contribution is -0.161. The van der Waals surface area contributed by atoms with Crippen molar-refractivity contribution in [3.05, 3.63) is 0 Å². The lowest BCUT2D eigenvalue weighted by atomic mass is 9.99. The summed E-state index contributed by atoms with van der Waals surface area (Å²) < 4.78 is 68.2. The molecule has 0 rings (SSSR count). The van der Waals surface area contributed by atoms with Crippen LogP contribution in [0, 0.1) is 5.92 Å². The quantitative estimate of drug-likeness (QED) is 0.0222. The Kier molecular flexibility index (Phi) is 60.2. The van der Waals surface area contributed by atoms with E-state index in [0.717, 1.165) is 95.8 Å². The summed E-state index contributed by atoms with van der Waals surface area (Å²) in [6, 6.07) is 0. The van der Waals surface area contributed by atoms with E-state index in [1.807, 2.05) is 0 Å². The lowest BCUT2D eigenvalue weighted by Crippen LogP contribution is -2.30. The van der Waals surface area contributed by atoms with Crippen molar-refractivity contribution in [3.8, 4) is 0 Å². The molecule has 0 bridgehead atoms. The number of aliphatic hydroxyl groups is 1. The molecular formula is C68H132O17P2. The van der Waals surface area contributed by atoms with E-state index in [2.05, 4.69) is 34.6 Å². The molecular weight excluding hydrogens is 1150 g/mol. The van der Waals surface area contributed by atoms with Crippen LogP contribution in [-0.2, 0) is 65.4 Å². The molecule has 0 aromatic heterocycles. The van der Waals surface area contributed by atoms with Crippen molar-refractivity contribution in [1.29, 1.82) is 0 Å². The molecule has 0 aliphatic carbocycles. The van der Waals surface area contributed by atoms with Crippen molar-refractivity contribution in [2.45, 2.75) is 368 Å². The van der Waals surface area contributed by atoms with Crippen molar-refractivity contribution < 1.29 is 80.2 Å². The van der Waals surface area contributed by atoms with Gasteiger partial charge in [0.05, 0.1) is 26.4 Å². The van der Waals surface area contributed by atoms with Gasteiger partial charge in [0.25, 0.3) is 0 Å². The Morgan fingerprint density at radius 3 is 0.816 bits per heavy atom. The lowest BCUT2D eigenvalue weighted by Gasteiger charge is -2.21. The molecule has 0 saturated carbocycles. The zero-order chi connectivity index (χ0) is 64.2. The zero-order valence-electron chi connectivity index (χ0n) is 56.2. The second kappa shape index (κ2) is 61.6. The second-order valence-electron chi connectivity index (χ2n) is 24.8. The molecule has 0 amide bonds. The largest absolute Gasteiger partial charge is 0.472 e. The highest BCUT2D eigenvalue weighted by atomic mass is 31.2. The average Bonchev–Trinajstić information content (AvgIpc) is 3.71. The number of hydrogen-bond donors (Lipinski definition) is 3. The van der Waals surface area contributed by atoms with E-state index in [1.165, 1.54) is 173 Å². The van der Waals surface area contributed by atoms with Gasteiger partial charge in [0.1, 0.15) is 19.3 Å². The maximum absolute atomic E-state index is 13.0. The minimum atomic E-state index is -4.95. The molecule has 516 valence electrons. The minimum absolute atomic E-state index is 0.107. The van der Waals surface area contributed by atoms with Crippen LogP contribution in [0.3, 0.4) is 0 Å². The van der Waals surface area contributed by atoms with Gasteiger partial charge >= 0.3 is 39.5 Å². The van der Waals surface area contributed by atoms with Gasteiger partial charge in [-0.2, -0.15) is 0 Å². The van der Waals surface area contributed by atoms with Gasteiger partial charge < -0.3 is 33.8 Å². The molecule has 0 heterocycles. The summed E-state index contributed by atoms with van der Waals surface area (Å²) in [7, 11) is -9.89. The molecule has 0 radical (unpaired) electrons. The molecule has 0 fully saturated rings. The Labute approximate surface area is 530 Å². The Balaban J connectivity index is 5.25. The van der Waals surface area contributed by atoms with Gasteiger partial charge in [0, 0.05) is 25.7 Å². The van der Waals surface area contributed by atoms with Gasteiger partial charge in [-0.05, 0) is 31.6 Å². The molecule has 0 aromatic rings. The number of aliphatic hydroxyl groups excluding tert-OH is 1. The summed E-state index contributed by atoms with van der Waals surface area (Å²) in [5.74, 6) is -1.35. The van der Waals surface area contributed by atoms with Crippen molar-refractivity contribution in [3.63, 3.8) is 0 Å². The van der Waals surface area contributed by atoms with Crippen LogP contribution in [0.1, 0.15) is 349 Å². The number of ether oxygens (including phenoxy) is 4. The number of carbonyl (C=O) groups excluding carboxylic acids is 4. The summed E-state index contributed by atoms with van der Waals surface area (Å²) in [4.78, 5) is 72.4. The molecule has 17 nitrogen and oxygen atoms in total. The van der Waals surface area contributed by atoms with Crippen LogP contribution >= 0.6 is 15.6 Å². The number of esters is 4. The summed E-state index contributed by atoms with van der Waals surface area (Å²) in [5, 5.41) is 10.6. The van der Waals surface area contributed by atoms with E-state index in [-0.39, 0.29) is 25.7 Å². The van der Waals surface area contributed by atoms with Crippen LogP contribution < -0.4 is 0 Å². The molecule has 0 aliphatic heterocycles. The van der Waals surface area contributed by atoms with E-state index >= 15 is 0 Å². The molecule has 6 atom stereocenters. The molecule has 3 N–H and O–H groups in total. The number of carbonyl (C=O) groups is 4. The van der Waals surface area contributed by atoms with Gasteiger partial charge in [-0.25, -0.2) is 9.13 Å². The highest BCUT2D eigenvalue weighted by molar-refractivity contribution is 7.47. The Morgan fingerprint density at radius 1 is 0.322 bits per heavy atom. The zero-order valence-corrected chi connectivity index (χ0v) is 57.9. The van der Waals surface area contributed by atoms with E-state index in [1.54, 1.807) is 0 Å². The fraction of sp³-hybridized carbons (Fsp3) is 0.941. The minimum Gasteiger partial charge on any atom is -0.462 e. The third kappa shape index (κ3) is 61.3. The van der Waals surface area contributed by atoms with Gasteiger partial charge in [0.15, 0.2) is 12.2 Å². The Morgan fingerprint density at radius 2 is 0.552 bits per heavy atom. The van der Waals surface area contributed by atoms with Crippen LogP contribution in [0.4, 0.5) is 0 Å². The highest BCUT2D eigenvalue weighted by Crippen LogP contribution is 2.45. The van der Waals surface area contributed by atoms with Crippen molar-refractivity contribution in [2.75, 3.05) is 39.6 Å². The first-order chi connectivity index (χ1) is 42.1. The van der Waals surface area contributed by atoms with Crippen LogP contribution in [0.2, 0.25) is 0 Å². The second-order valence-corrected chi connectivity index (χ2v) is 27.7. The van der Waals surface area contributed by atoms with Gasteiger partial charge in [-0.3, -0.25) is 37.3 Å². The molecule has 0 aromatic carbocycles. The molecule has 0 spiro atoms. The third-order valence-corrected chi connectivity index (χ3v) is 18.0. The van der Waals surface area contributed by atoms with E-state index < -0.39 is 97.5 Å². The predicted molar refractivity (Wildman–Crippen MR) is 349 cm³/mol. The van der Waals surface area contributed by atoms with E-state index in [0.29, 0.717) is 25.7 Å². The number of unbranched alkanes of at least 4 members (excludes halogenated alkanes) is 39. The fourth-order valence-electron chi connectivity index (χ4n) is 10.3. The van der Waals surface area contributed by atoms with E-state index in [4.69, 9.17) is 37.0 Å². The van der Waals surface area contributed by atoms with Gasteiger partial charge in [-0.15, -0.1) is 0 Å². The van der Waals surface area contributed by atoms with E-state index in [9.17, 15) is 43.2 Å². The topological polar surface area (TPSA) is 237 Å². The monoisotopic (exact) mass is 1280 g/mol. The normalized spacial score (nSPS) is 14.4. The van der Waals surface area contributed by atoms with Crippen LogP contribution in [0.15, 0.2) is 0 Å². The third-order valence-electron chi connectivity index (χ3n) is 16.1. The molecule has 87 heavy (non-hydrogen) atoms. The number of rotatable bonds is 68. The standard InChI is InChI=1S/C68H132O17P2/c1-6-10-13-16-19-22-25-26-29-32-39-44-49-54-68(73)85-64(58-79-66(71)52-47-42-37-34-33-35-40-45-50-61(5)9-4)60-83-87(76,77)81-56-62(69)55-80-86(74,75)82-59-63(84-67(72)53-48-43-38-31-28-24-21-18-15-12-8-3)57-78-65(70)51-46-41-36-30-27-23-20-17-14-11-7-2/h61-64,69H,6-60H2,1-5H3,(H,74,75)(H,76,77)/t61?,62-,63+,64+/m0/s1. The van der Waals surface area contributed by atoms with Gasteiger partial charge in [-0.1, -0.05) is 298 Å². The van der Waals surface area contributed by atoms with Gasteiger partial charge in [0.2, 0.25) is 0 Å². The number of hydrogen-bond acceptors (Lipinski definition) is 15. The SMILES string of the molecule is CCCCCCCCCCCCCCCC(=O)O[C@H](COC(=O)CCCCCCCCCCC(C)CC)COP(=O)(O)OC[C@@H](O)COP(=O)(O)OC[C@@H](COC(=O)CCCCCCCCCCCCC)OC(=O)CCCCCCCCCCCCC. The number of phosphoric ester groups is 2. The molecule has 0 saturated heterocycles. The smallest absolute Gasteiger partial charge is 0.462 e. The predicted octanol–water partition coefficient (Wildman–Crippen LogP) is 19.4. The first-order valence-corrected chi connectivity index (χ1v) is 38.7. The molecule has 3 unspecified atom stereocenters. The first kappa shape index (κ1) is 85.1. The van der Waals surface area contributed by atoms with Crippen molar-refractivity contribution >= 4 is 39.5 Å². The highest BCUT2D eigenvalue weighted by Gasteiger charge is 2.30. The fourth-order valence-corrected chi connectivity index (χ4v) is 11.8. The molecule has 19 heteroatoms. The van der Waals surface area contributed by atoms with Crippen molar-refractivity contribution in [2.24, 2.45) is 5.92 Å². The van der Waals surface area contributed by atoms with Crippen LogP contribution in [0.25, 0.3) is 0 Å². The first-order valence-electron chi connectivity index (χ1n) is 35.7. The maximum Gasteiger partial charge on any atom is 0.472 e. The number of phosphoric acid groups is 2. The van der Waals surface area contributed by atoms with Crippen molar-refractivity contribution in [1.82, 2.24) is 0 Å². The summed E-state index contributed by atoms with van der Waals surface area (Å²) >= 11 is 0. The molecule has 0 aliphatic rings. The summed E-state index contributed by atoms with van der Waals surface area (Å²) in [6.45, 7) is 7.23. The maximum atomic E-state index is 13.0. The summed E-state index contributed by atoms with van der Waals surface area (Å²) in [5.41, 5.74) is 0. The van der Waals surface area contributed by atoms with Crippen LogP contribution in [-0.4, -0.2) is 96.7 Å². The summed E-state index contributed by atoms with van der Waals surface area (Å²) in [6.07, 6.45) is 46.9. The van der Waals surface area contributed by atoms with Crippen LogP contribution in [0.5, 0.6) is 0 Å². The average molecular weight is 1280 g/mol. The Bertz CT molecular complexity index is 1690. The Hall–Kier alpha value is -1.94.